The van der Waals surface area contributed by atoms with Crippen LogP contribution in [0.5, 0.6) is 0 Å². The first-order valence-corrected chi connectivity index (χ1v) is 4.35. The van der Waals surface area contributed by atoms with Crippen LogP contribution in [-0.4, -0.2) is 11.7 Å². The molecule has 0 aliphatic carbocycles. The average molecular weight is 224 g/mol. The van der Waals surface area contributed by atoms with Crippen LogP contribution in [0.15, 0.2) is 12.1 Å². The van der Waals surface area contributed by atoms with E-state index in [4.69, 9.17) is 28.9 Å². The normalized spacial score (nSPS) is 13.0. The van der Waals surface area contributed by atoms with Gasteiger partial charge in [0.05, 0.1) is 11.1 Å². The van der Waals surface area contributed by atoms with Crippen molar-refractivity contribution in [3.05, 3.63) is 33.6 Å². The molecule has 5 heteroatoms. The quantitative estimate of drug-likeness (QED) is 0.755. The van der Waals surface area contributed by atoms with Gasteiger partial charge in [0.15, 0.2) is 0 Å². The second-order valence-electron chi connectivity index (χ2n) is 2.51. The summed E-state index contributed by atoms with van der Waals surface area (Å²) < 4.78 is 13.3. The predicted molar refractivity (Wildman–Crippen MR) is 50.4 cm³/mol. The average Bonchev–Trinajstić information content (AvgIpc) is 2.12. The molecule has 0 fully saturated rings. The van der Waals surface area contributed by atoms with Crippen LogP contribution in [0.3, 0.4) is 0 Å². The summed E-state index contributed by atoms with van der Waals surface area (Å²) in [6.07, 6.45) is -1.12. The van der Waals surface area contributed by atoms with E-state index in [2.05, 4.69) is 0 Å². The predicted octanol–water partition coefficient (Wildman–Crippen LogP) is 2.12. The number of hydrogen-bond acceptors (Lipinski definition) is 2. The van der Waals surface area contributed by atoms with Crippen molar-refractivity contribution in [3.63, 3.8) is 0 Å². The third kappa shape index (κ3) is 2.11. The summed E-state index contributed by atoms with van der Waals surface area (Å²) in [7, 11) is 0. The van der Waals surface area contributed by atoms with Gasteiger partial charge in [-0.25, -0.2) is 4.39 Å². The molecule has 0 radical (unpaired) electrons. The number of nitrogens with two attached hydrogens (primary N) is 1. The summed E-state index contributed by atoms with van der Waals surface area (Å²) in [6.45, 7) is -0.100. The minimum absolute atomic E-state index is 0.0448. The third-order valence-electron chi connectivity index (χ3n) is 1.64. The van der Waals surface area contributed by atoms with Gasteiger partial charge in [0, 0.05) is 17.1 Å². The molecule has 2 nitrogen and oxygen atoms in total. The molecule has 0 saturated heterocycles. The van der Waals surface area contributed by atoms with Crippen LogP contribution in [0.25, 0.3) is 0 Å². The zero-order valence-corrected chi connectivity index (χ0v) is 8.11. The molecule has 1 aromatic carbocycles. The Balaban J connectivity index is 3.25. The second kappa shape index (κ2) is 4.24. The Morgan fingerprint density at radius 2 is 1.92 bits per heavy atom. The van der Waals surface area contributed by atoms with Gasteiger partial charge in [0.25, 0.3) is 0 Å². The molecule has 0 saturated carbocycles. The Hall–Kier alpha value is -0.350. The lowest BCUT2D eigenvalue weighted by molar-refractivity contribution is 0.182. The van der Waals surface area contributed by atoms with Gasteiger partial charge in [-0.05, 0) is 12.1 Å². The van der Waals surface area contributed by atoms with Gasteiger partial charge in [-0.1, -0.05) is 23.2 Å². The maximum Gasteiger partial charge on any atom is 0.149 e. The molecule has 1 aromatic rings. The lowest BCUT2D eigenvalue weighted by Gasteiger charge is -2.11. The van der Waals surface area contributed by atoms with Crippen LogP contribution in [0, 0.1) is 5.82 Å². The fraction of sp³-hybridized carbons (Fsp3) is 0.250. The molecule has 0 aliphatic heterocycles. The molecule has 3 N–H and O–H groups in total. The Morgan fingerprint density at radius 1 is 1.38 bits per heavy atom. The zero-order chi connectivity index (χ0) is 10.0. The van der Waals surface area contributed by atoms with Crippen molar-refractivity contribution in [1.82, 2.24) is 0 Å². The van der Waals surface area contributed by atoms with E-state index in [9.17, 15) is 9.50 Å². The fourth-order valence-corrected chi connectivity index (χ4v) is 1.40. The number of aliphatic hydroxyl groups excluding tert-OH is 1. The lowest BCUT2D eigenvalue weighted by Crippen LogP contribution is -2.13. The molecule has 0 aliphatic rings. The van der Waals surface area contributed by atoms with Crippen molar-refractivity contribution >= 4 is 23.2 Å². The van der Waals surface area contributed by atoms with Crippen molar-refractivity contribution in [3.8, 4) is 0 Å². The van der Waals surface area contributed by atoms with Gasteiger partial charge in [-0.15, -0.1) is 0 Å². The highest BCUT2D eigenvalue weighted by Crippen LogP contribution is 2.29. The molecule has 0 bridgehead atoms. The second-order valence-corrected chi connectivity index (χ2v) is 3.32. The standard InChI is InChI=1S/C8H8Cl2FNO/c9-4-1-2-5(10)8(11)7(4)6(13)3-12/h1-2,6,13H,3,12H2. The number of aliphatic hydroxyl groups is 1. The summed E-state index contributed by atoms with van der Waals surface area (Å²) in [5, 5.41) is 9.36. The lowest BCUT2D eigenvalue weighted by atomic mass is 10.1. The summed E-state index contributed by atoms with van der Waals surface area (Å²) in [5.74, 6) is -0.716. The van der Waals surface area contributed by atoms with Gasteiger partial charge in [0.1, 0.15) is 5.82 Å². The smallest absolute Gasteiger partial charge is 0.149 e. The number of halogens is 3. The largest absolute Gasteiger partial charge is 0.387 e. The highest BCUT2D eigenvalue weighted by Gasteiger charge is 2.17. The van der Waals surface area contributed by atoms with Crippen LogP contribution >= 0.6 is 23.2 Å². The highest BCUT2D eigenvalue weighted by molar-refractivity contribution is 6.33. The Labute approximate surface area is 85.1 Å². The molecule has 0 aromatic heterocycles. The number of benzene rings is 1. The third-order valence-corrected chi connectivity index (χ3v) is 2.26. The van der Waals surface area contributed by atoms with E-state index >= 15 is 0 Å². The van der Waals surface area contributed by atoms with Gasteiger partial charge >= 0.3 is 0 Å². The number of hydrogen-bond donors (Lipinski definition) is 2. The molecule has 1 atom stereocenters. The SMILES string of the molecule is NCC(O)c1c(Cl)ccc(Cl)c1F. The van der Waals surface area contributed by atoms with Crippen LogP contribution in [0.2, 0.25) is 10.0 Å². The Bertz CT molecular complexity index is 319. The molecule has 1 rings (SSSR count). The first kappa shape index (κ1) is 10.7. The summed E-state index contributed by atoms with van der Waals surface area (Å²) in [6, 6.07) is 2.74. The molecule has 0 heterocycles. The van der Waals surface area contributed by atoms with Crippen LogP contribution in [0.1, 0.15) is 11.7 Å². The highest BCUT2D eigenvalue weighted by atomic mass is 35.5. The molecular formula is C8H8Cl2FNO. The Morgan fingerprint density at radius 3 is 2.46 bits per heavy atom. The monoisotopic (exact) mass is 223 g/mol. The van der Waals surface area contributed by atoms with E-state index in [1.165, 1.54) is 12.1 Å². The Kier molecular flexibility index (Phi) is 3.50. The van der Waals surface area contributed by atoms with Crippen LogP contribution < -0.4 is 5.73 Å². The first-order valence-electron chi connectivity index (χ1n) is 3.59. The molecule has 13 heavy (non-hydrogen) atoms. The van der Waals surface area contributed by atoms with Gasteiger partial charge in [0.2, 0.25) is 0 Å². The van der Waals surface area contributed by atoms with E-state index in [1.54, 1.807) is 0 Å². The van der Waals surface area contributed by atoms with E-state index in [0.29, 0.717) is 0 Å². The first-order chi connectivity index (χ1) is 6.07. The van der Waals surface area contributed by atoms with Crippen molar-refractivity contribution in [2.45, 2.75) is 6.10 Å². The summed E-state index contributed by atoms with van der Waals surface area (Å²) in [5.41, 5.74) is 5.13. The molecule has 72 valence electrons. The molecule has 1 unspecified atom stereocenters. The van der Waals surface area contributed by atoms with Crippen molar-refractivity contribution in [2.75, 3.05) is 6.54 Å². The molecule has 0 spiro atoms. The topological polar surface area (TPSA) is 46.2 Å². The molecular weight excluding hydrogens is 216 g/mol. The minimum Gasteiger partial charge on any atom is -0.387 e. The van der Waals surface area contributed by atoms with E-state index < -0.39 is 11.9 Å². The van der Waals surface area contributed by atoms with Gasteiger partial charge in [-0.2, -0.15) is 0 Å². The zero-order valence-electron chi connectivity index (χ0n) is 6.60. The van der Waals surface area contributed by atoms with Gasteiger partial charge in [-0.3, -0.25) is 0 Å². The summed E-state index contributed by atoms with van der Waals surface area (Å²) >= 11 is 11.2. The van der Waals surface area contributed by atoms with E-state index in [-0.39, 0.29) is 22.2 Å². The number of rotatable bonds is 2. The van der Waals surface area contributed by atoms with Crippen molar-refractivity contribution < 1.29 is 9.50 Å². The fourth-order valence-electron chi connectivity index (χ4n) is 0.966. The summed E-state index contributed by atoms with van der Waals surface area (Å²) in [4.78, 5) is 0. The van der Waals surface area contributed by atoms with E-state index in [0.717, 1.165) is 0 Å². The molecule has 0 amide bonds. The van der Waals surface area contributed by atoms with Crippen LogP contribution in [0.4, 0.5) is 4.39 Å². The maximum atomic E-state index is 13.3. The van der Waals surface area contributed by atoms with Gasteiger partial charge < -0.3 is 10.8 Å². The van der Waals surface area contributed by atoms with Crippen LogP contribution in [-0.2, 0) is 0 Å². The van der Waals surface area contributed by atoms with Crippen molar-refractivity contribution in [2.24, 2.45) is 5.73 Å². The van der Waals surface area contributed by atoms with E-state index in [1.807, 2.05) is 0 Å². The van der Waals surface area contributed by atoms with Crippen molar-refractivity contribution in [1.29, 1.82) is 0 Å². The maximum absolute atomic E-state index is 13.3. The minimum atomic E-state index is -1.12.